The summed E-state index contributed by atoms with van der Waals surface area (Å²) in [5, 5.41) is 0.465. The number of piperidine rings is 1. The first-order valence-electron chi connectivity index (χ1n) is 7.89. The SMILES string of the molecule is CCOC(=O)C1CCN(C(=O)C(C)Sc2ccccc2Cl)CC1. The van der Waals surface area contributed by atoms with Crippen LogP contribution in [-0.4, -0.2) is 41.7 Å². The Hall–Kier alpha value is -1.20. The Bertz CT molecular complexity index is 559. The van der Waals surface area contributed by atoms with Crippen molar-refractivity contribution in [3.8, 4) is 0 Å². The molecule has 2 rings (SSSR count). The van der Waals surface area contributed by atoms with Gasteiger partial charge in [-0.2, -0.15) is 0 Å². The molecule has 0 radical (unpaired) electrons. The van der Waals surface area contributed by atoms with Crippen LogP contribution in [0.1, 0.15) is 26.7 Å². The van der Waals surface area contributed by atoms with Crippen LogP contribution < -0.4 is 0 Å². The van der Waals surface area contributed by atoms with E-state index in [1.165, 1.54) is 11.8 Å². The van der Waals surface area contributed by atoms with Crippen LogP contribution in [-0.2, 0) is 14.3 Å². The summed E-state index contributed by atoms with van der Waals surface area (Å²) in [6, 6.07) is 7.53. The number of hydrogen-bond acceptors (Lipinski definition) is 4. The lowest BCUT2D eigenvalue weighted by atomic mass is 9.97. The first kappa shape index (κ1) is 18.1. The molecule has 1 aromatic carbocycles. The Labute approximate surface area is 146 Å². The minimum Gasteiger partial charge on any atom is -0.466 e. The maximum absolute atomic E-state index is 12.6. The van der Waals surface area contributed by atoms with E-state index >= 15 is 0 Å². The normalized spacial score (nSPS) is 16.9. The zero-order chi connectivity index (χ0) is 16.8. The number of esters is 1. The van der Waals surface area contributed by atoms with Crippen molar-refractivity contribution in [1.29, 1.82) is 0 Å². The molecule has 0 aliphatic carbocycles. The van der Waals surface area contributed by atoms with Gasteiger partial charge < -0.3 is 9.64 Å². The van der Waals surface area contributed by atoms with Gasteiger partial charge in [-0.15, -0.1) is 11.8 Å². The van der Waals surface area contributed by atoms with Gasteiger partial charge in [-0.25, -0.2) is 0 Å². The molecule has 1 fully saturated rings. The third kappa shape index (κ3) is 4.88. The summed E-state index contributed by atoms with van der Waals surface area (Å²) in [4.78, 5) is 27.1. The number of halogens is 1. The van der Waals surface area contributed by atoms with E-state index in [-0.39, 0.29) is 23.0 Å². The lowest BCUT2D eigenvalue weighted by Crippen LogP contribution is -2.43. The molecule has 126 valence electrons. The summed E-state index contributed by atoms with van der Waals surface area (Å²) < 4.78 is 5.06. The molecule has 4 nitrogen and oxygen atoms in total. The number of rotatable bonds is 5. The van der Waals surface area contributed by atoms with Crippen LogP contribution in [0.4, 0.5) is 0 Å². The topological polar surface area (TPSA) is 46.6 Å². The monoisotopic (exact) mass is 355 g/mol. The summed E-state index contributed by atoms with van der Waals surface area (Å²) in [7, 11) is 0. The fourth-order valence-corrected chi connectivity index (χ4v) is 3.87. The number of amides is 1. The van der Waals surface area contributed by atoms with E-state index in [2.05, 4.69) is 0 Å². The van der Waals surface area contributed by atoms with Crippen molar-refractivity contribution in [3.05, 3.63) is 29.3 Å². The van der Waals surface area contributed by atoms with E-state index in [0.717, 1.165) is 4.90 Å². The van der Waals surface area contributed by atoms with Crippen molar-refractivity contribution in [3.63, 3.8) is 0 Å². The van der Waals surface area contributed by atoms with Crippen molar-refractivity contribution in [2.75, 3.05) is 19.7 Å². The van der Waals surface area contributed by atoms with Gasteiger partial charge in [-0.05, 0) is 38.8 Å². The minimum atomic E-state index is -0.200. The number of benzene rings is 1. The highest BCUT2D eigenvalue weighted by Gasteiger charge is 2.30. The summed E-state index contributed by atoms with van der Waals surface area (Å²) in [5.74, 6) is -0.124. The van der Waals surface area contributed by atoms with Crippen LogP contribution in [0.5, 0.6) is 0 Å². The predicted molar refractivity (Wildman–Crippen MR) is 92.7 cm³/mol. The first-order chi connectivity index (χ1) is 11.0. The van der Waals surface area contributed by atoms with Gasteiger partial charge in [0.15, 0.2) is 0 Å². The molecular weight excluding hydrogens is 334 g/mol. The van der Waals surface area contributed by atoms with Gasteiger partial charge in [-0.3, -0.25) is 9.59 Å². The standard InChI is InChI=1S/C17H22ClNO3S/c1-3-22-17(21)13-8-10-19(11-9-13)16(20)12(2)23-15-7-5-4-6-14(15)18/h4-7,12-13H,3,8-11H2,1-2H3. The van der Waals surface area contributed by atoms with Gasteiger partial charge in [0.2, 0.25) is 5.91 Å². The Morgan fingerprint density at radius 1 is 1.35 bits per heavy atom. The molecule has 1 aromatic rings. The molecule has 6 heteroatoms. The smallest absolute Gasteiger partial charge is 0.309 e. The summed E-state index contributed by atoms with van der Waals surface area (Å²) in [6.07, 6.45) is 1.35. The molecule has 0 N–H and O–H groups in total. The van der Waals surface area contributed by atoms with Crippen molar-refractivity contribution >= 4 is 35.2 Å². The summed E-state index contributed by atoms with van der Waals surface area (Å²) in [6.45, 7) is 5.33. The first-order valence-corrected chi connectivity index (χ1v) is 9.15. The largest absolute Gasteiger partial charge is 0.466 e. The van der Waals surface area contributed by atoms with Gasteiger partial charge in [0.05, 0.1) is 22.8 Å². The van der Waals surface area contributed by atoms with Gasteiger partial charge in [0, 0.05) is 18.0 Å². The van der Waals surface area contributed by atoms with Crippen molar-refractivity contribution in [2.24, 2.45) is 5.92 Å². The third-order valence-electron chi connectivity index (χ3n) is 3.91. The molecule has 0 aromatic heterocycles. The predicted octanol–water partition coefficient (Wildman–Crippen LogP) is 3.62. The molecule has 1 aliphatic heterocycles. The maximum Gasteiger partial charge on any atom is 0.309 e. The van der Waals surface area contributed by atoms with Gasteiger partial charge in [0.25, 0.3) is 0 Å². The average molecular weight is 356 g/mol. The highest BCUT2D eigenvalue weighted by molar-refractivity contribution is 8.00. The van der Waals surface area contributed by atoms with Gasteiger partial charge >= 0.3 is 5.97 Å². The molecule has 0 saturated carbocycles. The minimum absolute atomic E-state index is 0.0782. The summed E-state index contributed by atoms with van der Waals surface area (Å²) >= 11 is 7.62. The van der Waals surface area contributed by atoms with E-state index in [4.69, 9.17) is 16.3 Å². The number of ether oxygens (including phenoxy) is 1. The van der Waals surface area contributed by atoms with Crippen LogP contribution in [0.25, 0.3) is 0 Å². The lowest BCUT2D eigenvalue weighted by molar-refractivity contribution is -0.151. The van der Waals surface area contributed by atoms with E-state index in [0.29, 0.717) is 37.6 Å². The van der Waals surface area contributed by atoms with Crippen LogP contribution in [0.3, 0.4) is 0 Å². The second kappa shape index (κ2) is 8.60. The number of nitrogens with zero attached hydrogens (tertiary/aromatic N) is 1. The third-order valence-corrected chi connectivity index (χ3v) is 5.52. The number of thioether (sulfide) groups is 1. The molecular formula is C17H22ClNO3S. The second-order valence-electron chi connectivity index (χ2n) is 5.54. The summed E-state index contributed by atoms with van der Waals surface area (Å²) in [5.41, 5.74) is 0. The van der Waals surface area contributed by atoms with Crippen molar-refractivity contribution in [1.82, 2.24) is 4.90 Å². The lowest BCUT2D eigenvalue weighted by Gasteiger charge is -2.32. The van der Waals surface area contributed by atoms with E-state index in [9.17, 15) is 9.59 Å². The van der Waals surface area contributed by atoms with Crippen LogP contribution in [0.2, 0.25) is 5.02 Å². The average Bonchev–Trinajstić information content (AvgIpc) is 2.56. The van der Waals surface area contributed by atoms with E-state index in [1.807, 2.05) is 43.0 Å². The van der Waals surface area contributed by atoms with Crippen LogP contribution in [0, 0.1) is 5.92 Å². The quantitative estimate of drug-likeness (QED) is 0.597. The number of hydrogen-bond donors (Lipinski definition) is 0. The van der Waals surface area contributed by atoms with Crippen molar-refractivity contribution < 1.29 is 14.3 Å². The Kier molecular flexibility index (Phi) is 6.78. The van der Waals surface area contributed by atoms with Gasteiger partial charge in [-0.1, -0.05) is 23.7 Å². The molecule has 1 aliphatic rings. The Balaban J connectivity index is 1.87. The molecule has 0 spiro atoms. The molecule has 0 bridgehead atoms. The highest BCUT2D eigenvalue weighted by atomic mass is 35.5. The zero-order valence-corrected chi connectivity index (χ0v) is 15.0. The maximum atomic E-state index is 12.6. The molecule has 1 atom stereocenters. The molecule has 1 heterocycles. The fraction of sp³-hybridized carbons (Fsp3) is 0.529. The molecule has 1 unspecified atom stereocenters. The highest BCUT2D eigenvalue weighted by Crippen LogP contribution is 2.31. The van der Waals surface area contributed by atoms with Crippen LogP contribution >= 0.6 is 23.4 Å². The molecule has 1 saturated heterocycles. The fourth-order valence-electron chi connectivity index (χ4n) is 2.63. The Morgan fingerprint density at radius 3 is 2.61 bits per heavy atom. The van der Waals surface area contributed by atoms with E-state index in [1.54, 1.807) is 0 Å². The van der Waals surface area contributed by atoms with Crippen LogP contribution in [0.15, 0.2) is 29.2 Å². The number of carbonyl (C=O) groups excluding carboxylic acids is 2. The second-order valence-corrected chi connectivity index (χ2v) is 7.33. The molecule has 23 heavy (non-hydrogen) atoms. The number of carbonyl (C=O) groups is 2. The zero-order valence-electron chi connectivity index (χ0n) is 13.5. The van der Waals surface area contributed by atoms with E-state index < -0.39 is 0 Å². The number of likely N-dealkylation sites (tertiary alicyclic amines) is 1. The molecule has 1 amide bonds. The van der Waals surface area contributed by atoms with Crippen molar-refractivity contribution in [2.45, 2.75) is 36.8 Å². The Morgan fingerprint density at radius 2 is 2.00 bits per heavy atom. The van der Waals surface area contributed by atoms with Gasteiger partial charge in [0.1, 0.15) is 0 Å².